The van der Waals surface area contributed by atoms with Gasteiger partial charge in [0, 0.05) is 56.4 Å². The quantitative estimate of drug-likeness (QED) is 0.813. The molecule has 4 rings (SSSR count). The molecule has 27 heavy (non-hydrogen) atoms. The van der Waals surface area contributed by atoms with E-state index in [-0.39, 0.29) is 5.54 Å². The van der Waals surface area contributed by atoms with Gasteiger partial charge in [0.25, 0.3) is 0 Å². The zero-order valence-electron chi connectivity index (χ0n) is 17.1. The maximum absolute atomic E-state index is 12.7. The summed E-state index contributed by atoms with van der Waals surface area (Å²) in [4.78, 5) is 29.0. The van der Waals surface area contributed by atoms with Crippen molar-refractivity contribution in [1.29, 1.82) is 0 Å². The van der Waals surface area contributed by atoms with Crippen LogP contribution in [0.25, 0.3) is 0 Å². The summed E-state index contributed by atoms with van der Waals surface area (Å²) in [5, 5.41) is 0. The number of amides is 1. The van der Waals surface area contributed by atoms with Crippen LogP contribution in [-0.4, -0.2) is 71.0 Å². The average molecular weight is 372 g/mol. The van der Waals surface area contributed by atoms with E-state index >= 15 is 0 Å². The van der Waals surface area contributed by atoms with Crippen molar-refractivity contribution in [3.05, 3.63) is 17.6 Å². The number of aryl methyl sites for hydroxylation is 2. The molecule has 1 amide bonds. The molecule has 3 aliphatic rings. The highest BCUT2D eigenvalue weighted by Crippen LogP contribution is 2.36. The van der Waals surface area contributed by atoms with Crippen molar-refractivity contribution in [3.63, 3.8) is 0 Å². The molecular formula is C21H33N5O. The monoisotopic (exact) mass is 371 g/mol. The third kappa shape index (κ3) is 3.82. The number of nitrogens with zero attached hydrogens (tertiary/aromatic N) is 5. The first-order valence-electron chi connectivity index (χ1n) is 10.6. The van der Waals surface area contributed by atoms with Gasteiger partial charge in [0.2, 0.25) is 5.91 Å². The van der Waals surface area contributed by atoms with Gasteiger partial charge in [-0.3, -0.25) is 9.69 Å². The minimum absolute atomic E-state index is 0.0656. The van der Waals surface area contributed by atoms with E-state index in [4.69, 9.17) is 4.98 Å². The fourth-order valence-electron chi connectivity index (χ4n) is 4.69. The largest absolute Gasteiger partial charge is 0.353 e. The highest BCUT2D eigenvalue weighted by molar-refractivity contribution is 5.76. The Labute approximate surface area is 162 Å². The van der Waals surface area contributed by atoms with Gasteiger partial charge in [0.15, 0.2) is 0 Å². The molecule has 1 aromatic rings. The first-order chi connectivity index (χ1) is 13.0. The molecule has 6 nitrogen and oxygen atoms in total. The molecule has 1 spiro atoms. The predicted molar refractivity (Wildman–Crippen MR) is 107 cm³/mol. The Kier molecular flexibility index (Phi) is 5.10. The lowest BCUT2D eigenvalue weighted by atomic mass is 9.86. The average Bonchev–Trinajstić information content (AvgIpc) is 3.50. The van der Waals surface area contributed by atoms with Crippen LogP contribution in [0.2, 0.25) is 0 Å². The first kappa shape index (κ1) is 18.7. The Morgan fingerprint density at radius 2 is 2.04 bits per heavy atom. The van der Waals surface area contributed by atoms with E-state index in [0.29, 0.717) is 12.3 Å². The topological polar surface area (TPSA) is 52.6 Å². The number of anilines is 1. The van der Waals surface area contributed by atoms with Gasteiger partial charge in [-0.15, -0.1) is 0 Å². The molecular weight excluding hydrogens is 338 g/mol. The van der Waals surface area contributed by atoms with E-state index in [2.05, 4.69) is 33.7 Å². The molecule has 0 radical (unpaired) electrons. The van der Waals surface area contributed by atoms with Crippen LogP contribution in [0, 0.1) is 12.8 Å². The summed E-state index contributed by atoms with van der Waals surface area (Å²) in [5.74, 6) is 3.06. The van der Waals surface area contributed by atoms with Crippen molar-refractivity contribution < 1.29 is 4.79 Å². The number of piperazine rings is 1. The Balaban J connectivity index is 1.55. The number of likely N-dealkylation sites (N-methyl/N-ethyl adjacent to an activating group) is 1. The highest BCUT2D eigenvalue weighted by atomic mass is 16.2. The van der Waals surface area contributed by atoms with Crippen molar-refractivity contribution in [2.24, 2.45) is 5.92 Å². The van der Waals surface area contributed by atoms with E-state index in [1.165, 1.54) is 18.4 Å². The van der Waals surface area contributed by atoms with Crippen LogP contribution < -0.4 is 4.90 Å². The van der Waals surface area contributed by atoms with Crippen molar-refractivity contribution in [3.8, 4) is 0 Å². The Morgan fingerprint density at radius 1 is 1.22 bits per heavy atom. The molecule has 3 heterocycles. The molecule has 3 fully saturated rings. The van der Waals surface area contributed by atoms with Crippen LogP contribution >= 0.6 is 0 Å². The third-order valence-electron chi connectivity index (χ3n) is 6.82. The van der Waals surface area contributed by atoms with E-state index in [9.17, 15) is 4.79 Å². The second kappa shape index (κ2) is 7.38. The molecule has 0 unspecified atom stereocenters. The summed E-state index contributed by atoms with van der Waals surface area (Å²) in [7, 11) is 2.24. The van der Waals surface area contributed by atoms with E-state index in [1.54, 1.807) is 0 Å². The van der Waals surface area contributed by atoms with Crippen LogP contribution in [0.3, 0.4) is 0 Å². The smallest absolute Gasteiger partial charge is 0.222 e. The number of rotatable bonds is 4. The molecule has 0 N–H and O–H groups in total. The van der Waals surface area contributed by atoms with Crippen LogP contribution in [0.15, 0.2) is 6.20 Å². The number of hydrogen-bond acceptors (Lipinski definition) is 5. The van der Waals surface area contributed by atoms with Gasteiger partial charge >= 0.3 is 0 Å². The molecule has 1 aromatic heterocycles. The van der Waals surface area contributed by atoms with E-state index in [0.717, 1.165) is 69.5 Å². The number of carbonyl (C=O) groups is 1. The normalized spacial score (nSPS) is 27.3. The van der Waals surface area contributed by atoms with Gasteiger partial charge in [-0.05, 0) is 52.0 Å². The van der Waals surface area contributed by atoms with Gasteiger partial charge in [-0.25, -0.2) is 9.97 Å². The van der Waals surface area contributed by atoms with Crippen LogP contribution in [0.4, 0.5) is 5.82 Å². The standard InChI is InChI=1S/C21H33N5O/c1-4-18-13-22-16(2)23-20(18)26-12-11-24(3)21(15-26)8-7-19(27)25(10-9-21)14-17-5-6-17/h13,17H,4-12,14-15H2,1-3H3/t21-/m0/s1. The molecule has 1 saturated carbocycles. The molecule has 2 saturated heterocycles. The van der Waals surface area contributed by atoms with Crippen molar-refractivity contribution in [2.45, 2.75) is 57.9 Å². The summed E-state index contributed by atoms with van der Waals surface area (Å²) in [6.07, 6.45) is 8.22. The summed E-state index contributed by atoms with van der Waals surface area (Å²) >= 11 is 0. The van der Waals surface area contributed by atoms with Gasteiger partial charge in [0.1, 0.15) is 11.6 Å². The molecule has 1 atom stereocenters. The number of aromatic nitrogens is 2. The lowest BCUT2D eigenvalue weighted by Gasteiger charge is -2.50. The predicted octanol–water partition coefficient (Wildman–Crippen LogP) is 2.26. The summed E-state index contributed by atoms with van der Waals surface area (Å²) in [5.41, 5.74) is 1.29. The van der Waals surface area contributed by atoms with Crippen molar-refractivity contribution in [1.82, 2.24) is 19.8 Å². The molecule has 6 heteroatoms. The Hall–Kier alpha value is -1.69. The third-order valence-corrected chi connectivity index (χ3v) is 6.82. The van der Waals surface area contributed by atoms with E-state index < -0.39 is 0 Å². The van der Waals surface area contributed by atoms with Gasteiger partial charge in [-0.2, -0.15) is 0 Å². The fourth-order valence-corrected chi connectivity index (χ4v) is 4.69. The van der Waals surface area contributed by atoms with Crippen molar-refractivity contribution >= 4 is 11.7 Å². The lowest BCUT2D eigenvalue weighted by molar-refractivity contribution is -0.130. The van der Waals surface area contributed by atoms with Gasteiger partial charge in [-0.1, -0.05) is 6.92 Å². The number of carbonyl (C=O) groups excluding carboxylic acids is 1. The molecule has 2 aliphatic heterocycles. The van der Waals surface area contributed by atoms with Crippen LogP contribution in [-0.2, 0) is 11.2 Å². The molecule has 1 aliphatic carbocycles. The second-order valence-electron chi connectivity index (χ2n) is 8.72. The maximum Gasteiger partial charge on any atom is 0.222 e. The summed E-state index contributed by atoms with van der Waals surface area (Å²) in [6.45, 7) is 8.98. The zero-order valence-corrected chi connectivity index (χ0v) is 17.1. The van der Waals surface area contributed by atoms with Crippen LogP contribution in [0.1, 0.15) is 50.4 Å². The lowest BCUT2D eigenvalue weighted by Crippen LogP contribution is -2.61. The minimum Gasteiger partial charge on any atom is -0.353 e. The van der Waals surface area contributed by atoms with Crippen molar-refractivity contribution in [2.75, 3.05) is 44.7 Å². The molecule has 148 valence electrons. The minimum atomic E-state index is 0.0656. The van der Waals surface area contributed by atoms with Crippen LogP contribution in [0.5, 0.6) is 0 Å². The fraction of sp³-hybridized carbons (Fsp3) is 0.762. The van der Waals surface area contributed by atoms with Gasteiger partial charge < -0.3 is 9.80 Å². The second-order valence-corrected chi connectivity index (χ2v) is 8.72. The summed E-state index contributed by atoms with van der Waals surface area (Å²) < 4.78 is 0. The Bertz CT molecular complexity index is 704. The number of hydrogen-bond donors (Lipinski definition) is 0. The Morgan fingerprint density at radius 3 is 2.78 bits per heavy atom. The van der Waals surface area contributed by atoms with E-state index in [1.807, 2.05) is 13.1 Å². The first-order valence-corrected chi connectivity index (χ1v) is 10.6. The molecule has 0 bridgehead atoms. The van der Waals surface area contributed by atoms with Gasteiger partial charge in [0.05, 0.1) is 0 Å². The zero-order chi connectivity index (χ0) is 19.0. The highest BCUT2D eigenvalue weighted by Gasteiger charge is 2.43. The SMILES string of the molecule is CCc1cnc(C)nc1N1CCN(C)[C@]2(CCC(=O)N(CC3CC3)CC2)C1. The summed E-state index contributed by atoms with van der Waals surface area (Å²) in [6, 6.07) is 0. The maximum atomic E-state index is 12.7. The molecule has 0 aromatic carbocycles. The number of likely N-dealkylation sites (tertiary alicyclic amines) is 1.